The second-order valence-electron chi connectivity index (χ2n) is 4.40. The molecule has 1 rings (SSSR count). The number of nitrogens with two attached hydrogens (primary N) is 1. The van der Waals surface area contributed by atoms with Crippen LogP contribution in [0.4, 0.5) is 0 Å². The molecule has 90 valence electrons. The molecule has 3 N–H and O–H groups in total. The molecule has 0 bridgehead atoms. The summed E-state index contributed by atoms with van der Waals surface area (Å²) in [5, 5.41) is 0. The Hall–Kier alpha value is -0.130. The van der Waals surface area contributed by atoms with Crippen LogP contribution in [0.3, 0.4) is 0 Å². The molecule has 2 nitrogen and oxygen atoms in total. The summed E-state index contributed by atoms with van der Waals surface area (Å²) in [7, 11) is 0. The summed E-state index contributed by atoms with van der Waals surface area (Å²) in [4.78, 5) is 0. The molecular weight excluding hydrogens is 311 g/mol. The third kappa shape index (κ3) is 4.39. The zero-order chi connectivity index (χ0) is 12.0. The van der Waals surface area contributed by atoms with Crippen LogP contribution in [0.1, 0.15) is 44.7 Å². The van der Waals surface area contributed by atoms with Crippen molar-refractivity contribution in [3.05, 3.63) is 33.4 Å². The van der Waals surface area contributed by atoms with E-state index in [0.717, 1.165) is 6.42 Å². The van der Waals surface area contributed by atoms with Gasteiger partial charge in [-0.15, -0.1) is 0 Å². The van der Waals surface area contributed by atoms with Gasteiger partial charge in [0, 0.05) is 9.61 Å². The Kier molecular flexibility index (Phi) is 6.31. The molecule has 0 aliphatic carbocycles. The van der Waals surface area contributed by atoms with Gasteiger partial charge in [0.05, 0.1) is 0 Å². The second-order valence-corrected chi connectivity index (χ2v) is 5.65. The van der Waals surface area contributed by atoms with Gasteiger partial charge in [-0.05, 0) is 52.6 Å². The van der Waals surface area contributed by atoms with E-state index in [4.69, 9.17) is 5.84 Å². The van der Waals surface area contributed by atoms with Crippen LogP contribution >= 0.6 is 22.6 Å². The molecule has 0 heterocycles. The Morgan fingerprint density at radius 3 is 2.44 bits per heavy atom. The van der Waals surface area contributed by atoms with Crippen LogP contribution in [-0.4, -0.2) is 0 Å². The highest BCUT2D eigenvalue weighted by Crippen LogP contribution is 2.23. The third-order valence-corrected chi connectivity index (χ3v) is 3.61. The predicted octanol–water partition coefficient (Wildman–Crippen LogP) is 3.62. The number of hydrogen-bond acceptors (Lipinski definition) is 2. The molecule has 0 radical (unpaired) electrons. The van der Waals surface area contributed by atoms with Gasteiger partial charge >= 0.3 is 0 Å². The third-order valence-electron chi connectivity index (χ3n) is 2.89. The first kappa shape index (κ1) is 13.9. The van der Waals surface area contributed by atoms with E-state index >= 15 is 0 Å². The van der Waals surface area contributed by atoms with Crippen molar-refractivity contribution in [1.82, 2.24) is 5.43 Å². The summed E-state index contributed by atoms with van der Waals surface area (Å²) in [5.74, 6) is 6.35. The largest absolute Gasteiger partial charge is 0.271 e. The maximum atomic E-state index is 5.64. The van der Waals surface area contributed by atoms with Gasteiger partial charge in [-0.1, -0.05) is 38.8 Å². The van der Waals surface area contributed by atoms with E-state index in [1.165, 1.54) is 22.0 Å². The fourth-order valence-corrected chi connectivity index (χ4v) is 2.37. The standard InChI is InChI=1S/C13H21IN2/c1-3-4-10(2)9-13(16-15)11-5-7-12(14)8-6-11/h5-8,10,13,16H,3-4,9,15H2,1-2H3. The number of benzene rings is 1. The smallest absolute Gasteiger partial charge is 0.0462 e. The molecule has 2 unspecified atom stereocenters. The lowest BCUT2D eigenvalue weighted by atomic mass is 9.93. The number of halogens is 1. The topological polar surface area (TPSA) is 38.0 Å². The van der Waals surface area contributed by atoms with Crippen molar-refractivity contribution < 1.29 is 0 Å². The predicted molar refractivity (Wildman–Crippen MR) is 77.9 cm³/mol. The molecule has 0 amide bonds. The van der Waals surface area contributed by atoms with Crippen LogP contribution < -0.4 is 11.3 Å². The molecule has 0 aromatic heterocycles. The van der Waals surface area contributed by atoms with Crippen molar-refractivity contribution >= 4 is 22.6 Å². The quantitative estimate of drug-likeness (QED) is 0.474. The molecule has 0 saturated carbocycles. The van der Waals surface area contributed by atoms with Crippen LogP contribution in [0.25, 0.3) is 0 Å². The Morgan fingerprint density at radius 2 is 1.94 bits per heavy atom. The molecule has 0 spiro atoms. The van der Waals surface area contributed by atoms with Gasteiger partial charge in [-0.3, -0.25) is 11.3 Å². The van der Waals surface area contributed by atoms with E-state index in [1.807, 2.05) is 0 Å². The number of nitrogens with one attached hydrogen (secondary N) is 1. The SMILES string of the molecule is CCCC(C)CC(NN)c1ccc(I)cc1. The van der Waals surface area contributed by atoms with E-state index < -0.39 is 0 Å². The lowest BCUT2D eigenvalue weighted by Crippen LogP contribution is -2.29. The monoisotopic (exact) mass is 332 g/mol. The van der Waals surface area contributed by atoms with Crippen molar-refractivity contribution in [3.63, 3.8) is 0 Å². The minimum atomic E-state index is 0.276. The van der Waals surface area contributed by atoms with Crippen LogP contribution in [0.2, 0.25) is 0 Å². The van der Waals surface area contributed by atoms with Gasteiger partial charge in [0.1, 0.15) is 0 Å². The van der Waals surface area contributed by atoms with E-state index in [2.05, 4.69) is 66.1 Å². The normalized spacial score (nSPS) is 14.8. The fourth-order valence-electron chi connectivity index (χ4n) is 2.01. The van der Waals surface area contributed by atoms with Gasteiger partial charge in [0.15, 0.2) is 0 Å². The average Bonchev–Trinajstić information content (AvgIpc) is 2.27. The fraction of sp³-hybridized carbons (Fsp3) is 0.538. The van der Waals surface area contributed by atoms with Gasteiger partial charge in [0.25, 0.3) is 0 Å². The number of hydrazine groups is 1. The van der Waals surface area contributed by atoms with Gasteiger partial charge in [-0.2, -0.15) is 0 Å². The highest BCUT2D eigenvalue weighted by molar-refractivity contribution is 14.1. The molecule has 16 heavy (non-hydrogen) atoms. The molecule has 1 aromatic rings. The van der Waals surface area contributed by atoms with Crippen molar-refractivity contribution in [2.75, 3.05) is 0 Å². The lowest BCUT2D eigenvalue weighted by molar-refractivity contribution is 0.394. The van der Waals surface area contributed by atoms with Gasteiger partial charge < -0.3 is 0 Å². The summed E-state index contributed by atoms with van der Waals surface area (Å²) in [5.41, 5.74) is 4.21. The van der Waals surface area contributed by atoms with Crippen molar-refractivity contribution in [2.45, 2.75) is 39.2 Å². The van der Waals surface area contributed by atoms with Crippen molar-refractivity contribution in [2.24, 2.45) is 11.8 Å². The highest BCUT2D eigenvalue weighted by atomic mass is 127. The lowest BCUT2D eigenvalue weighted by Gasteiger charge is -2.20. The van der Waals surface area contributed by atoms with E-state index in [-0.39, 0.29) is 6.04 Å². The van der Waals surface area contributed by atoms with Crippen LogP contribution in [0.15, 0.2) is 24.3 Å². The highest BCUT2D eigenvalue weighted by Gasteiger charge is 2.13. The molecule has 0 aliphatic heterocycles. The molecule has 0 aliphatic rings. The summed E-state index contributed by atoms with van der Waals surface area (Å²) in [6, 6.07) is 8.85. The zero-order valence-electron chi connectivity index (χ0n) is 10.0. The molecule has 0 saturated heterocycles. The van der Waals surface area contributed by atoms with E-state index in [9.17, 15) is 0 Å². The molecule has 1 aromatic carbocycles. The van der Waals surface area contributed by atoms with Crippen LogP contribution in [0.5, 0.6) is 0 Å². The number of rotatable bonds is 6. The zero-order valence-corrected chi connectivity index (χ0v) is 12.2. The van der Waals surface area contributed by atoms with Gasteiger partial charge in [0.2, 0.25) is 0 Å². The first-order chi connectivity index (χ1) is 7.67. The maximum absolute atomic E-state index is 5.64. The molecule has 3 heteroatoms. The Morgan fingerprint density at radius 1 is 1.31 bits per heavy atom. The second kappa shape index (κ2) is 7.25. The summed E-state index contributed by atoms with van der Waals surface area (Å²) < 4.78 is 1.26. The summed E-state index contributed by atoms with van der Waals surface area (Å²) >= 11 is 2.32. The molecular formula is C13H21IN2. The van der Waals surface area contributed by atoms with Gasteiger partial charge in [-0.25, -0.2) is 0 Å². The van der Waals surface area contributed by atoms with E-state index in [0.29, 0.717) is 5.92 Å². The van der Waals surface area contributed by atoms with Crippen molar-refractivity contribution in [1.29, 1.82) is 0 Å². The summed E-state index contributed by atoms with van der Waals surface area (Å²) in [6.07, 6.45) is 3.61. The Labute approximate surface area is 112 Å². The molecule has 2 atom stereocenters. The Balaban J connectivity index is 2.63. The minimum absolute atomic E-state index is 0.276. The number of hydrogen-bond donors (Lipinski definition) is 2. The van der Waals surface area contributed by atoms with E-state index in [1.54, 1.807) is 0 Å². The van der Waals surface area contributed by atoms with Crippen LogP contribution in [-0.2, 0) is 0 Å². The minimum Gasteiger partial charge on any atom is -0.271 e. The first-order valence-corrected chi connectivity index (χ1v) is 6.96. The van der Waals surface area contributed by atoms with Crippen molar-refractivity contribution in [3.8, 4) is 0 Å². The average molecular weight is 332 g/mol. The first-order valence-electron chi connectivity index (χ1n) is 5.89. The Bertz CT molecular complexity index is 297. The maximum Gasteiger partial charge on any atom is 0.0462 e. The molecule has 0 fully saturated rings. The van der Waals surface area contributed by atoms with Crippen LogP contribution in [0, 0.1) is 9.49 Å². The summed E-state index contributed by atoms with van der Waals surface area (Å²) in [6.45, 7) is 4.52.